The van der Waals surface area contributed by atoms with Crippen LogP contribution in [0.15, 0.2) is 24.3 Å². The number of hydrogen-bond donors (Lipinski definition) is 2. The first-order chi connectivity index (χ1) is 7.59. The summed E-state index contributed by atoms with van der Waals surface area (Å²) in [6.07, 6.45) is 1.07. The van der Waals surface area contributed by atoms with E-state index in [0.717, 1.165) is 5.75 Å². The fourth-order valence-electron chi connectivity index (χ4n) is 1.25. The summed E-state index contributed by atoms with van der Waals surface area (Å²) in [6, 6.07) is 6.94. The second-order valence-corrected chi connectivity index (χ2v) is 3.75. The maximum atomic E-state index is 10.4. The minimum atomic E-state index is -0.963. The van der Waals surface area contributed by atoms with Crippen LogP contribution in [0.4, 0.5) is 0 Å². The van der Waals surface area contributed by atoms with Crippen LogP contribution in [0, 0.1) is 6.92 Å². The van der Waals surface area contributed by atoms with Gasteiger partial charge in [-0.05, 0) is 31.9 Å². The van der Waals surface area contributed by atoms with Crippen molar-refractivity contribution in [3.63, 3.8) is 0 Å². The Labute approximate surface area is 95.0 Å². The zero-order valence-corrected chi connectivity index (χ0v) is 9.35. The molecule has 0 aromatic heterocycles. The fraction of sp³-hybridized carbons (Fsp3) is 0.417. The van der Waals surface area contributed by atoms with Crippen LogP contribution < -0.4 is 10.5 Å². The van der Waals surface area contributed by atoms with Gasteiger partial charge >= 0.3 is 5.97 Å². The number of aryl methyl sites for hydroxylation is 1. The molecule has 0 spiro atoms. The number of aliphatic carboxylic acids is 1. The third-order valence-corrected chi connectivity index (χ3v) is 2.27. The number of ether oxygens (including phenoxy) is 1. The van der Waals surface area contributed by atoms with Crippen molar-refractivity contribution in [3.05, 3.63) is 29.8 Å². The maximum absolute atomic E-state index is 10.4. The van der Waals surface area contributed by atoms with Crippen LogP contribution in [-0.2, 0) is 4.79 Å². The van der Waals surface area contributed by atoms with E-state index in [1.54, 1.807) is 0 Å². The molecule has 0 saturated carbocycles. The van der Waals surface area contributed by atoms with Crippen molar-refractivity contribution >= 4 is 5.97 Å². The molecule has 4 heteroatoms. The first kappa shape index (κ1) is 12.5. The first-order valence-electron chi connectivity index (χ1n) is 5.27. The Bertz CT molecular complexity index is 335. The summed E-state index contributed by atoms with van der Waals surface area (Å²) in [7, 11) is 0. The maximum Gasteiger partial charge on any atom is 0.320 e. The summed E-state index contributed by atoms with van der Waals surface area (Å²) in [6.45, 7) is 2.50. The molecule has 0 radical (unpaired) electrons. The van der Waals surface area contributed by atoms with E-state index in [0.29, 0.717) is 19.4 Å². The van der Waals surface area contributed by atoms with Crippen molar-refractivity contribution in [1.29, 1.82) is 0 Å². The largest absolute Gasteiger partial charge is 0.494 e. The molecule has 0 unspecified atom stereocenters. The third kappa shape index (κ3) is 4.31. The van der Waals surface area contributed by atoms with Crippen molar-refractivity contribution in [2.75, 3.05) is 6.61 Å². The van der Waals surface area contributed by atoms with Gasteiger partial charge in [0, 0.05) is 0 Å². The van der Waals surface area contributed by atoms with Gasteiger partial charge < -0.3 is 15.6 Å². The number of hydrogen-bond acceptors (Lipinski definition) is 3. The molecule has 0 amide bonds. The van der Waals surface area contributed by atoms with Gasteiger partial charge in [0.2, 0.25) is 0 Å². The van der Waals surface area contributed by atoms with E-state index in [-0.39, 0.29) is 0 Å². The topological polar surface area (TPSA) is 72.5 Å². The highest BCUT2D eigenvalue weighted by Crippen LogP contribution is 2.11. The molecule has 0 heterocycles. The average molecular weight is 223 g/mol. The molecular formula is C12H17NO3. The molecule has 0 aliphatic rings. The lowest BCUT2D eigenvalue weighted by Crippen LogP contribution is -2.30. The van der Waals surface area contributed by atoms with Crippen LogP contribution in [0.5, 0.6) is 5.75 Å². The zero-order chi connectivity index (χ0) is 12.0. The van der Waals surface area contributed by atoms with Gasteiger partial charge in [-0.3, -0.25) is 4.79 Å². The smallest absolute Gasteiger partial charge is 0.320 e. The highest BCUT2D eigenvalue weighted by molar-refractivity contribution is 5.72. The molecule has 0 aliphatic heterocycles. The van der Waals surface area contributed by atoms with Gasteiger partial charge in [-0.1, -0.05) is 17.7 Å². The lowest BCUT2D eigenvalue weighted by atomic mass is 10.2. The van der Waals surface area contributed by atoms with Crippen LogP contribution in [0.1, 0.15) is 18.4 Å². The molecule has 4 nitrogen and oxygen atoms in total. The van der Waals surface area contributed by atoms with Crippen molar-refractivity contribution in [2.45, 2.75) is 25.8 Å². The number of benzene rings is 1. The molecule has 88 valence electrons. The van der Waals surface area contributed by atoms with Crippen molar-refractivity contribution in [2.24, 2.45) is 5.73 Å². The molecule has 16 heavy (non-hydrogen) atoms. The summed E-state index contributed by atoms with van der Waals surface area (Å²) >= 11 is 0. The molecule has 0 fully saturated rings. The van der Waals surface area contributed by atoms with Gasteiger partial charge in [-0.2, -0.15) is 0 Å². The van der Waals surface area contributed by atoms with Gasteiger partial charge in [0.05, 0.1) is 6.61 Å². The summed E-state index contributed by atoms with van der Waals surface area (Å²) in [4.78, 5) is 10.4. The van der Waals surface area contributed by atoms with Crippen molar-refractivity contribution in [1.82, 2.24) is 0 Å². The molecule has 0 aliphatic carbocycles. The van der Waals surface area contributed by atoms with E-state index in [1.165, 1.54) is 5.56 Å². The highest BCUT2D eigenvalue weighted by Gasteiger charge is 2.10. The average Bonchev–Trinajstić information content (AvgIpc) is 2.26. The molecule has 3 N–H and O–H groups in total. The molecule has 1 aromatic carbocycles. The highest BCUT2D eigenvalue weighted by atomic mass is 16.5. The van der Waals surface area contributed by atoms with Gasteiger partial charge in [0.25, 0.3) is 0 Å². The second kappa shape index (κ2) is 6.12. The Morgan fingerprint density at radius 3 is 2.62 bits per heavy atom. The van der Waals surface area contributed by atoms with Crippen molar-refractivity contribution < 1.29 is 14.6 Å². The number of carboxylic acid groups (broad SMARTS) is 1. The summed E-state index contributed by atoms with van der Waals surface area (Å²) < 4.78 is 5.44. The van der Waals surface area contributed by atoms with Gasteiger partial charge in [0.15, 0.2) is 0 Å². The summed E-state index contributed by atoms with van der Waals surface area (Å²) in [5, 5.41) is 8.56. The molecule has 1 aromatic rings. The standard InChI is InChI=1S/C12H17NO3/c1-9-4-6-10(7-5-9)16-8-2-3-11(13)12(14)15/h4-7,11H,2-3,8,13H2,1H3,(H,14,15)/t11-/m0/s1. The van der Waals surface area contributed by atoms with Gasteiger partial charge in [-0.25, -0.2) is 0 Å². The predicted octanol–water partition coefficient (Wildman–Crippen LogP) is 1.57. The normalized spacial score (nSPS) is 12.1. The molecule has 1 atom stereocenters. The molecule has 0 saturated heterocycles. The minimum Gasteiger partial charge on any atom is -0.494 e. The molecular weight excluding hydrogens is 206 g/mol. The summed E-state index contributed by atoms with van der Waals surface area (Å²) in [5.74, 6) is -0.162. The lowest BCUT2D eigenvalue weighted by Gasteiger charge is -2.08. The van der Waals surface area contributed by atoms with E-state index in [1.807, 2.05) is 31.2 Å². The number of nitrogens with two attached hydrogens (primary N) is 1. The Kier molecular flexibility index (Phi) is 4.79. The van der Waals surface area contributed by atoms with E-state index in [2.05, 4.69) is 0 Å². The fourth-order valence-corrected chi connectivity index (χ4v) is 1.25. The Morgan fingerprint density at radius 1 is 1.44 bits per heavy atom. The molecule has 0 bridgehead atoms. The second-order valence-electron chi connectivity index (χ2n) is 3.75. The zero-order valence-electron chi connectivity index (χ0n) is 9.35. The minimum absolute atomic E-state index is 0.432. The van der Waals surface area contributed by atoms with E-state index < -0.39 is 12.0 Å². The predicted molar refractivity (Wildman–Crippen MR) is 61.5 cm³/mol. The van der Waals surface area contributed by atoms with E-state index >= 15 is 0 Å². The van der Waals surface area contributed by atoms with E-state index in [4.69, 9.17) is 15.6 Å². The Balaban J connectivity index is 2.21. The van der Waals surface area contributed by atoms with Crippen LogP contribution in [0.25, 0.3) is 0 Å². The number of carboxylic acids is 1. The number of rotatable bonds is 6. The first-order valence-corrected chi connectivity index (χ1v) is 5.27. The van der Waals surface area contributed by atoms with Crippen molar-refractivity contribution in [3.8, 4) is 5.75 Å². The van der Waals surface area contributed by atoms with Crippen LogP contribution >= 0.6 is 0 Å². The quantitative estimate of drug-likeness (QED) is 0.718. The summed E-state index contributed by atoms with van der Waals surface area (Å²) in [5.41, 5.74) is 6.54. The van der Waals surface area contributed by atoms with Crippen LogP contribution in [0.3, 0.4) is 0 Å². The molecule has 1 rings (SSSR count). The van der Waals surface area contributed by atoms with Crippen LogP contribution in [0.2, 0.25) is 0 Å². The Morgan fingerprint density at radius 2 is 2.06 bits per heavy atom. The van der Waals surface area contributed by atoms with Gasteiger partial charge in [0.1, 0.15) is 11.8 Å². The monoisotopic (exact) mass is 223 g/mol. The third-order valence-electron chi connectivity index (χ3n) is 2.27. The lowest BCUT2D eigenvalue weighted by molar-refractivity contribution is -0.138. The van der Waals surface area contributed by atoms with E-state index in [9.17, 15) is 4.79 Å². The Hall–Kier alpha value is -1.55. The SMILES string of the molecule is Cc1ccc(OCCC[C@H](N)C(=O)O)cc1. The number of carbonyl (C=O) groups is 1. The van der Waals surface area contributed by atoms with Crippen LogP contribution in [-0.4, -0.2) is 23.7 Å². The van der Waals surface area contributed by atoms with Gasteiger partial charge in [-0.15, -0.1) is 0 Å².